The summed E-state index contributed by atoms with van der Waals surface area (Å²) in [7, 11) is 1.95. The average Bonchev–Trinajstić information content (AvgIpc) is 3.07. The Bertz CT molecular complexity index is 691. The van der Waals surface area contributed by atoms with Gasteiger partial charge in [-0.05, 0) is 29.6 Å². The van der Waals surface area contributed by atoms with E-state index in [9.17, 15) is 4.39 Å². The first-order valence-corrected chi connectivity index (χ1v) is 7.15. The van der Waals surface area contributed by atoms with Gasteiger partial charge in [-0.3, -0.25) is 0 Å². The number of benzene rings is 1. The molecule has 2 aromatic heterocycles. The van der Waals surface area contributed by atoms with E-state index < -0.39 is 0 Å². The molecule has 3 nitrogen and oxygen atoms in total. The number of aromatic nitrogens is 2. The van der Waals surface area contributed by atoms with Crippen LogP contribution < -0.4 is 5.32 Å². The summed E-state index contributed by atoms with van der Waals surface area (Å²) in [6.07, 6.45) is 3.67. The Morgan fingerprint density at radius 1 is 1.30 bits per heavy atom. The minimum atomic E-state index is -0.250. The second-order valence-corrected chi connectivity index (χ2v) is 5.48. The Balaban J connectivity index is 1.97. The number of thiophene rings is 1. The van der Waals surface area contributed by atoms with E-state index in [0.29, 0.717) is 0 Å². The molecule has 1 N–H and O–H groups in total. The minimum absolute atomic E-state index is 0.0863. The lowest BCUT2D eigenvalue weighted by atomic mass is 10.2. The predicted molar refractivity (Wildman–Crippen MR) is 79.4 cm³/mol. The fourth-order valence-electron chi connectivity index (χ4n) is 2.12. The summed E-state index contributed by atoms with van der Waals surface area (Å²) in [6.45, 7) is 0. The molecule has 0 aliphatic heterocycles. The lowest BCUT2D eigenvalue weighted by molar-refractivity contribution is 0.628. The van der Waals surface area contributed by atoms with Crippen molar-refractivity contribution in [3.8, 4) is 0 Å². The van der Waals surface area contributed by atoms with Gasteiger partial charge in [0.15, 0.2) is 0 Å². The number of anilines is 1. The van der Waals surface area contributed by atoms with Gasteiger partial charge in [-0.2, -0.15) is 0 Å². The number of hydrogen-bond acceptors (Lipinski definition) is 3. The van der Waals surface area contributed by atoms with Crippen molar-refractivity contribution in [3.05, 3.63) is 70.7 Å². The molecule has 0 saturated carbocycles. The van der Waals surface area contributed by atoms with E-state index in [0.717, 1.165) is 16.4 Å². The van der Waals surface area contributed by atoms with E-state index in [-0.39, 0.29) is 11.9 Å². The molecule has 0 spiro atoms. The van der Waals surface area contributed by atoms with Gasteiger partial charge in [0.1, 0.15) is 17.7 Å². The van der Waals surface area contributed by atoms with Crippen molar-refractivity contribution in [3.63, 3.8) is 0 Å². The maximum absolute atomic E-state index is 13.3. The summed E-state index contributed by atoms with van der Waals surface area (Å²) in [6, 6.07) is 10.4. The first-order chi connectivity index (χ1) is 9.74. The highest BCUT2D eigenvalue weighted by molar-refractivity contribution is 7.10. The van der Waals surface area contributed by atoms with Gasteiger partial charge in [0.25, 0.3) is 0 Å². The van der Waals surface area contributed by atoms with Crippen LogP contribution in [0, 0.1) is 5.82 Å². The van der Waals surface area contributed by atoms with Crippen molar-refractivity contribution >= 4 is 17.0 Å². The van der Waals surface area contributed by atoms with Gasteiger partial charge in [-0.25, -0.2) is 9.37 Å². The molecule has 3 aromatic rings. The van der Waals surface area contributed by atoms with Gasteiger partial charge >= 0.3 is 0 Å². The van der Waals surface area contributed by atoms with E-state index >= 15 is 0 Å². The van der Waals surface area contributed by atoms with E-state index in [4.69, 9.17) is 0 Å². The lowest BCUT2D eigenvalue weighted by Crippen LogP contribution is -2.15. The molecule has 0 saturated heterocycles. The zero-order chi connectivity index (χ0) is 13.9. The molecular formula is C15H14FN3S. The predicted octanol–water partition coefficient (Wildman–Crippen LogP) is 3.82. The molecule has 0 bridgehead atoms. The molecule has 2 heterocycles. The molecule has 0 amide bonds. The van der Waals surface area contributed by atoms with Crippen LogP contribution in [0.25, 0.3) is 0 Å². The summed E-state index contributed by atoms with van der Waals surface area (Å²) < 4.78 is 15.3. The van der Waals surface area contributed by atoms with E-state index in [1.165, 1.54) is 12.1 Å². The fourth-order valence-corrected chi connectivity index (χ4v) is 2.89. The maximum Gasteiger partial charge on any atom is 0.136 e. The van der Waals surface area contributed by atoms with E-state index in [1.54, 1.807) is 23.6 Å². The number of imidazole rings is 1. The first-order valence-electron chi connectivity index (χ1n) is 6.27. The Hall–Kier alpha value is -2.14. The molecule has 3 rings (SSSR count). The molecule has 0 radical (unpaired) electrons. The van der Waals surface area contributed by atoms with Crippen LogP contribution in [0.1, 0.15) is 16.7 Å². The monoisotopic (exact) mass is 287 g/mol. The van der Waals surface area contributed by atoms with Crippen LogP contribution in [0.5, 0.6) is 0 Å². The molecule has 1 unspecified atom stereocenters. The smallest absolute Gasteiger partial charge is 0.136 e. The van der Waals surface area contributed by atoms with Crippen LogP contribution in [0.2, 0.25) is 0 Å². The Kier molecular flexibility index (Phi) is 3.52. The number of rotatable bonds is 4. The zero-order valence-electron chi connectivity index (χ0n) is 11.0. The molecule has 1 atom stereocenters. The largest absolute Gasteiger partial charge is 0.371 e. The third-order valence-corrected chi connectivity index (χ3v) is 4.02. The van der Waals surface area contributed by atoms with Gasteiger partial charge in [0.05, 0.1) is 0 Å². The van der Waals surface area contributed by atoms with Crippen molar-refractivity contribution < 1.29 is 4.39 Å². The Labute approximate surface area is 120 Å². The molecular weight excluding hydrogens is 273 g/mol. The highest BCUT2D eigenvalue weighted by Crippen LogP contribution is 2.28. The third kappa shape index (κ3) is 2.58. The summed E-state index contributed by atoms with van der Waals surface area (Å²) in [5.41, 5.74) is 0.742. The quantitative estimate of drug-likeness (QED) is 0.790. The van der Waals surface area contributed by atoms with Crippen LogP contribution in [0.15, 0.2) is 54.2 Å². The van der Waals surface area contributed by atoms with Gasteiger partial charge in [0.2, 0.25) is 0 Å². The van der Waals surface area contributed by atoms with Gasteiger partial charge < -0.3 is 9.88 Å². The molecule has 102 valence electrons. The van der Waals surface area contributed by atoms with Crippen LogP contribution in [-0.4, -0.2) is 9.55 Å². The highest BCUT2D eigenvalue weighted by Gasteiger charge is 2.19. The SMILES string of the molecule is Cn1ccnc1C(Nc1cccc(F)c1)c1cccs1. The summed E-state index contributed by atoms with van der Waals surface area (Å²) in [4.78, 5) is 5.55. The van der Waals surface area contributed by atoms with Gasteiger partial charge in [-0.15, -0.1) is 11.3 Å². The minimum Gasteiger partial charge on any atom is -0.371 e. The average molecular weight is 287 g/mol. The topological polar surface area (TPSA) is 29.9 Å². The standard InChI is InChI=1S/C15H14FN3S/c1-19-8-7-17-15(19)14(13-6-3-9-20-13)18-12-5-2-4-11(16)10-12/h2-10,14,18H,1H3. The molecule has 0 aliphatic carbocycles. The number of hydrogen-bond donors (Lipinski definition) is 1. The van der Waals surface area contributed by atoms with Crippen LogP contribution in [-0.2, 0) is 7.05 Å². The number of aryl methyl sites for hydroxylation is 1. The van der Waals surface area contributed by atoms with Crippen molar-refractivity contribution in [1.29, 1.82) is 0 Å². The van der Waals surface area contributed by atoms with Crippen LogP contribution in [0.4, 0.5) is 10.1 Å². The zero-order valence-corrected chi connectivity index (χ0v) is 11.8. The Morgan fingerprint density at radius 2 is 2.20 bits per heavy atom. The number of halogens is 1. The molecule has 0 fully saturated rings. The third-order valence-electron chi connectivity index (χ3n) is 3.08. The highest BCUT2D eigenvalue weighted by atomic mass is 32.1. The van der Waals surface area contributed by atoms with Gasteiger partial charge in [0, 0.05) is 30.0 Å². The van der Waals surface area contributed by atoms with Crippen molar-refractivity contribution in [2.75, 3.05) is 5.32 Å². The van der Waals surface area contributed by atoms with E-state index in [1.807, 2.05) is 35.3 Å². The molecule has 1 aromatic carbocycles. The summed E-state index contributed by atoms with van der Waals surface area (Å²) >= 11 is 1.65. The second-order valence-electron chi connectivity index (χ2n) is 4.50. The van der Waals surface area contributed by atoms with Crippen LogP contribution in [0.3, 0.4) is 0 Å². The number of nitrogens with one attached hydrogen (secondary N) is 1. The second kappa shape index (κ2) is 5.46. The Morgan fingerprint density at radius 3 is 2.85 bits per heavy atom. The fraction of sp³-hybridized carbons (Fsp3) is 0.133. The van der Waals surface area contributed by atoms with Gasteiger partial charge in [-0.1, -0.05) is 12.1 Å². The van der Waals surface area contributed by atoms with Crippen molar-refractivity contribution in [2.24, 2.45) is 7.05 Å². The maximum atomic E-state index is 13.3. The number of nitrogens with zero attached hydrogens (tertiary/aromatic N) is 2. The summed E-state index contributed by atoms with van der Waals surface area (Å²) in [5, 5.41) is 5.38. The molecule has 20 heavy (non-hydrogen) atoms. The van der Waals surface area contributed by atoms with Crippen LogP contribution >= 0.6 is 11.3 Å². The first kappa shape index (κ1) is 12.9. The lowest BCUT2D eigenvalue weighted by Gasteiger charge is -2.18. The molecule has 5 heteroatoms. The summed E-state index contributed by atoms with van der Waals surface area (Å²) in [5.74, 6) is 0.650. The normalized spacial score (nSPS) is 12.3. The van der Waals surface area contributed by atoms with E-state index in [2.05, 4.69) is 16.4 Å². The molecule has 0 aliphatic rings. The van der Waals surface area contributed by atoms with Crippen molar-refractivity contribution in [1.82, 2.24) is 9.55 Å². The van der Waals surface area contributed by atoms with Crippen molar-refractivity contribution in [2.45, 2.75) is 6.04 Å².